The van der Waals surface area contributed by atoms with Gasteiger partial charge in [0.2, 0.25) is 0 Å². The van der Waals surface area contributed by atoms with E-state index in [4.69, 9.17) is 5.73 Å². The lowest BCUT2D eigenvalue weighted by Crippen LogP contribution is -2.29. The predicted octanol–water partition coefficient (Wildman–Crippen LogP) is 0.390. The Balaban J connectivity index is 2.13. The smallest absolute Gasteiger partial charge is 0.200 e. The third-order valence-electron chi connectivity index (χ3n) is 2.40. The maximum atomic E-state index is 5.70. The van der Waals surface area contributed by atoms with Gasteiger partial charge in [-0.15, -0.1) is 0 Å². The third kappa shape index (κ3) is 1.30. The van der Waals surface area contributed by atoms with Crippen molar-refractivity contribution in [3.63, 3.8) is 0 Å². The molecule has 0 saturated carbocycles. The number of nitrogen functional groups attached to an aromatic ring is 1. The number of rotatable bonds is 1. The van der Waals surface area contributed by atoms with Crippen LogP contribution in [0.15, 0.2) is 12.4 Å². The number of aromatic nitrogens is 2. The molecule has 0 atom stereocenters. The average Bonchev–Trinajstić information content (AvgIpc) is 2.53. The van der Waals surface area contributed by atoms with Gasteiger partial charge in [-0.3, -0.25) is 0 Å². The van der Waals surface area contributed by atoms with Crippen LogP contribution in [0.5, 0.6) is 0 Å². The summed E-state index contributed by atoms with van der Waals surface area (Å²) in [6.45, 7) is 2.17. The van der Waals surface area contributed by atoms with E-state index in [1.807, 2.05) is 6.20 Å². The topological polar surface area (TPSA) is 55.9 Å². The number of nitrogens with one attached hydrogen (secondary N) is 1. The molecular formula is C8H14N4. The number of nitrogens with two attached hydrogens (primary N) is 1. The molecule has 0 radical (unpaired) electrons. The van der Waals surface area contributed by atoms with Crippen LogP contribution in [0.4, 0.5) is 5.95 Å². The van der Waals surface area contributed by atoms with Crippen molar-refractivity contribution in [2.75, 3.05) is 18.8 Å². The van der Waals surface area contributed by atoms with Gasteiger partial charge < -0.3 is 15.6 Å². The van der Waals surface area contributed by atoms with Crippen molar-refractivity contribution in [2.45, 2.75) is 18.9 Å². The van der Waals surface area contributed by atoms with Crippen LogP contribution in [0.1, 0.15) is 18.9 Å². The Morgan fingerprint density at radius 3 is 2.83 bits per heavy atom. The fourth-order valence-corrected chi connectivity index (χ4v) is 1.72. The number of imidazole rings is 1. The molecule has 0 aromatic carbocycles. The van der Waals surface area contributed by atoms with Gasteiger partial charge in [-0.1, -0.05) is 0 Å². The van der Waals surface area contributed by atoms with Crippen molar-refractivity contribution in [2.24, 2.45) is 0 Å². The van der Waals surface area contributed by atoms with Crippen LogP contribution < -0.4 is 11.1 Å². The fraction of sp³-hybridized carbons (Fsp3) is 0.625. The van der Waals surface area contributed by atoms with Crippen LogP contribution in [0, 0.1) is 0 Å². The molecule has 2 rings (SSSR count). The number of nitrogens with zero attached hydrogens (tertiary/aromatic N) is 2. The van der Waals surface area contributed by atoms with Gasteiger partial charge in [0.25, 0.3) is 0 Å². The molecule has 4 nitrogen and oxygen atoms in total. The molecule has 66 valence electrons. The number of piperidine rings is 1. The zero-order valence-corrected chi connectivity index (χ0v) is 7.03. The first-order valence-electron chi connectivity index (χ1n) is 4.37. The third-order valence-corrected chi connectivity index (χ3v) is 2.40. The van der Waals surface area contributed by atoms with E-state index in [2.05, 4.69) is 14.9 Å². The number of hydrogen-bond donors (Lipinski definition) is 2. The first kappa shape index (κ1) is 7.61. The molecule has 0 unspecified atom stereocenters. The summed E-state index contributed by atoms with van der Waals surface area (Å²) in [7, 11) is 0. The van der Waals surface area contributed by atoms with Crippen molar-refractivity contribution in [3.8, 4) is 0 Å². The molecule has 0 bridgehead atoms. The summed E-state index contributed by atoms with van der Waals surface area (Å²) in [4.78, 5) is 4.01. The van der Waals surface area contributed by atoms with Gasteiger partial charge >= 0.3 is 0 Å². The molecule has 0 aliphatic carbocycles. The summed E-state index contributed by atoms with van der Waals surface area (Å²) in [5, 5.41) is 3.32. The fourth-order valence-electron chi connectivity index (χ4n) is 1.72. The summed E-state index contributed by atoms with van der Waals surface area (Å²) in [5.41, 5.74) is 5.70. The molecule has 3 N–H and O–H groups in total. The van der Waals surface area contributed by atoms with E-state index in [1.54, 1.807) is 6.20 Å². The zero-order chi connectivity index (χ0) is 8.39. The SMILES string of the molecule is Nc1nccn1C1CCNCC1. The minimum absolute atomic E-state index is 0.550. The zero-order valence-electron chi connectivity index (χ0n) is 7.03. The molecular weight excluding hydrogens is 152 g/mol. The lowest BCUT2D eigenvalue weighted by Gasteiger charge is -2.24. The Morgan fingerprint density at radius 2 is 2.25 bits per heavy atom. The lowest BCUT2D eigenvalue weighted by atomic mass is 10.1. The highest BCUT2D eigenvalue weighted by atomic mass is 15.2. The van der Waals surface area contributed by atoms with Crippen molar-refractivity contribution in [1.29, 1.82) is 0 Å². The van der Waals surface area contributed by atoms with Gasteiger partial charge in [-0.05, 0) is 25.9 Å². The summed E-state index contributed by atoms with van der Waals surface area (Å²) in [6.07, 6.45) is 6.03. The van der Waals surface area contributed by atoms with Gasteiger partial charge in [0.15, 0.2) is 5.95 Å². The van der Waals surface area contributed by atoms with Crippen LogP contribution in [0.3, 0.4) is 0 Å². The molecule has 1 aliphatic heterocycles. The summed E-state index contributed by atoms with van der Waals surface area (Å²) in [5.74, 6) is 0.641. The molecule has 1 saturated heterocycles. The standard InChI is InChI=1S/C8H14N4/c9-8-11-5-6-12(8)7-1-3-10-4-2-7/h5-7,10H,1-4H2,(H2,9,11). The van der Waals surface area contributed by atoms with Gasteiger partial charge in [-0.2, -0.15) is 0 Å². The van der Waals surface area contributed by atoms with Gasteiger partial charge in [0.1, 0.15) is 0 Å². The Labute approximate surface area is 71.8 Å². The maximum absolute atomic E-state index is 5.70. The van der Waals surface area contributed by atoms with Gasteiger partial charge in [0.05, 0.1) is 0 Å². The predicted molar refractivity (Wildman–Crippen MR) is 47.8 cm³/mol. The van der Waals surface area contributed by atoms with E-state index in [-0.39, 0.29) is 0 Å². The van der Waals surface area contributed by atoms with Crippen molar-refractivity contribution in [3.05, 3.63) is 12.4 Å². The highest BCUT2D eigenvalue weighted by molar-refractivity contribution is 5.18. The molecule has 4 heteroatoms. The highest BCUT2D eigenvalue weighted by Gasteiger charge is 2.15. The van der Waals surface area contributed by atoms with Crippen molar-refractivity contribution < 1.29 is 0 Å². The lowest BCUT2D eigenvalue weighted by molar-refractivity contribution is 0.371. The van der Waals surface area contributed by atoms with E-state index in [1.165, 1.54) is 0 Å². The summed E-state index contributed by atoms with van der Waals surface area (Å²) >= 11 is 0. The minimum Gasteiger partial charge on any atom is -0.369 e. The second-order valence-corrected chi connectivity index (χ2v) is 3.17. The first-order valence-corrected chi connectivity index (χ1v) is 4.37. The van der Waals surface area contributed by atoms with Crippen LogP contribution in [-0.4, -0.2) is 22.6 Å². The van der Waals surface area contributed by atoms with Crippen LogP contribution in [-0.2, 0) is 0 Å². The Bertz CT molecular complexity index is 249. The summed E-state index contributed by atoms with van der Waals surface area (Å²) in [6, 6.07) is 0.550. The second kappa shape index (κ2) is 3.15. The van der Waals surface area contributed by atoms with E-state index in [0.717, 1.165) is 25.9 Å². The molecule has 12 heavy (non-hydrogen) atoms. The first-order chi connectivity index (χ1) is 5.88. The minimum atomic E-state index is 0.550. The Hall–Kier alpha value is -1.03. The molecule has 0 amide bonds. The summed E-state index contributed by atoms with van der Waals surface area (Å²) < 4.78 is 2.07. The number of anilines is 1. The molecule has 0 spiro atoms. The van der Waals surface area contributed by atoms with Crippen molar-refractivity contribution in [1.82, 2.24) is 14.9 Å². The van der Waals surface area contributed by atoms with Gasteiger partial charge in [0, 0.05) is 18.4 Å². The van der Waals surface area contributed by atoms with Crippen molar-refractivity contribution >= 4 is 5.95 Å². The molecule has 1 aromatic rings. The van der Waals surface area contributed by atoms with Crippen LogP contribution in [0.25, 0.3) is 0 Å². The van der Waals surface area contributed by atoms with E-state index in [9.17, 15) is 0 Å². The Kier molecular flexibility index (Phi) is 1.99. The monoisotopic (exact) mass is 166 g/mol. The maximum Gasteiger partial charge on any atom is 0.200 e. The van der Waals surface area contributed by atoms with E-state index < -0.39 is 0 Å². The largest absolute Gasteiger partial charge is 0.369 e. The van der Waals surface area contributed by atoms with E-state index >= 15 is 0 Å². The van der Waals surface area contributed by atoms with Crippen LogP contribution >= 0.6 is 0 Å². The second-order valence-electron chi connectivity index (χ2n) is 3.17. The Morgan fingerprint density at radius 1 is 1.50 bits per heavy atom. The molecule has 1 aliphatic rings. The average molecular weight is 166 g/mol. The molecule has 2 heterocycles. The van der Waals surface area contributed by atoms with Crippen LogP contribution in [0.2, 0.25) is 0 Å². The highest BCUT2D eigenvalue weighted by Crippen LogP contribution is 2.20. The van der Waals surface area contributed by atoms with Gasteiger partial charge in [-0.25, -0.2) is 4.98 Å². The van der Waals surface area contributed by atoms with E-state index in [0.29, 0.717) is 12.0 Å². The number of hydrogen-bond acceptors (Lipinski definition) is 3. The normalized spacial score (nSPS) is 19.7. The molecule has 1 aromatic heterocycles. The molecule has 1 fully saturated rings. The quantitative estimate of drug-likeness (QED) is 0.634.